The van der Waals surface area contributed by atoms with Crippen LogP contribution in [0.15, 0.2) is 42.5 Å². The average Bonchev–Trinajstić information content (AvgIpc) is 3.05. The number of hydrogen-bond donors (Lipinski definition) is 2. The zero-order valence-corrected chi connectivity index (χ0v) is 15.6. The van der Waals surface area contributed by atoms with Crippen molar-refractivity contribution in [2.45, 2.75) is 19.8 Å². The maximum atomic E-state index is 12.5. The Morgan fingerprint density at radius 3 is 2.70 bits per heavy atom. The normalized spacial score (nSPS) is 16.4. The van der Waals surface area contributed by atoms with Gasteiger partial charge in [-0.1, -0.05) is 18.2 Å². The third-order valence-electron chi connectivity index (χ3n) is 4.77. The van der Waals surface area contributed by atoms with E-state index >= 15 is 0 Å². The number of amides is 2. The number of carbonyl (C=O) groups is 2. The number of nitrogens with one attached hydrogen (secondary N) is 1. The van der Waals surface area contributed by atoms with E-state index in [0.29, 0.717) is 30.9 Å². The molecule has 0 aromatic heterocycles. The number of anilines is 1. The van der Waals surface area contributed by atoms with Crippen LogP contribution < -0.4 is 15.0 Å². The summed E-state index contributed by atoms with van der Waals surface area (Å²) in [6, 6.07) is 12.6. The molecule has 0 radical (unpaired) electrons. The molecule has 2 aromatic rings. The molecule has 1 unspecified atom stereocenters. The number of ether oxygens (including phenoxy) is 1. The molecule has 1 saturated heterocycles. The van der Waals surface area contributed by atoms with Gasteiger partial charge in [0.1, 0.15) is 11.5 Å². The molecule has 1 heterocycles. The smallest absolute Gasteiger partial charge is 0.227 e. The zero-order valence-electron chi connectivity index (χ0n) is 15.6. The van der Waals surface area contributed by atoms with Gasteiger partial charge in [0.2, 0.25) is 11.8 Å². The largest absolute Gasteiger partial charge is 0.508 e. The lowest BCUT2D eigenvalue weighted by Crippen LogP contribution is -2.34. The number of phenolic OH excluding ortho intramolecular Hbond substituents is 1. The van der Waals surface area contributed by atoms with Gasteiger partial charge < -0.3 is 20.1 Å². The number of carbonyl (C=O) groups excluding carboxylic acids is 2. The van der Waals surface area contributed by atoms with Gasteiger partial charge >= 0.3 is 0 Å². The number of nitrogens with zero attached hydrogens (tertiary/aromatic N) is 1. The van der Waals surface area contributed by atoms with E-state index in [1.54, 1.807) is 24.1 Å². The van der Waals surface area contributed by atoms with Gasteiger partial charge in [-0.2, -0.15) is 0 Å². The number of aryl methyl sites for hydroxylation is 1. The molecule has 0 bridgehead atoms. The predicted molar refractivity (Wildman–Crippen MR) is 103 cm³/mol. The van der Waals surface area contributed by atoms with Crippen LogP contribution in [-0.4, -0.2) is 37.1 Å². The van der Waals surface area contributed by atoms with Crippen LogP contribution in [0.2, 0.25) is 0 Å². The lowest BCUT2D eigenvalue weighted by atomic mass is 10.1. The average molecular weight is 368 g/mol. The Morgan fingerprint density at radius 2 is 2.00 bits per heavy atom. The summed E-state index contributed by atoms with van der Waals surface area (Å²) < 4.78 is 5.37. The van der Waals surface area contributed by atoms with Crippen LogP contribution in [0.4, 0.5) is 5.69 Å². The second-order valence-corrected chi connectivity index (χ2v) is 6.79. The Bertz CT molecular complexity index is 833. The Kier molecular flexibility index (Phi) is 5.64. The van der Waals surface area contributed by atoms with E-state index in [-0.39, 0.29) is 29.9 Å². The number of methoxy groups -OCH3 is 1. The van der Waals surface area contributed by atoms with E-state index in [0.717, 1.165) is 11.1 Å². The number of rotatable bonds is 6. The molecule has 1 aliphatic heterocycles. The third kappa shape index (κ3) is 4.39. The van der Waals surface area contributed by atoms with Crippen LogP contribution in [0.1, 0.15) is 17.5 Å². The number of aromatic hydroxyl groups is 1. The highest BCUT2D eigenvalue weighted by Crippen LogP contribution is 2.33. The van der Waals surface area contributed by atoms with Crippen molar-refractivity contribution in [3.8, 4) is 11.5 Å². The first kappa shape index (κ1) is 18.8. The molecule has 142 valence electrons. The Labute approximate surface area is 158 Å². The summed E-state index contributed by atoms with van der Waals surface area (Å²) in [6.45, 7) is 2.79. The SMILES string of the molecule is COc1ccc(C)cc1N1CC(C(=O)NCCc2ccc(O)cc2)CC1=O. The molecule has 1 fully saturated rings. The molecule has 1 aliphatic rings. The highest BCUT2D eigenvalue weighted by Gasteiger charge is 2.36. The van der Waals surface area contributed by atoms with Crippen LogP contribution in [0.3, 0.4) is 0 Å². The van der Waals surface area contributed by atoms with Crippen LogP contribution in [0.5, 0.6) is 11.5 Å². The first-order chi connectivity index (χ1) is 13.0. The van der Waals surface area contributed by atoms with Gasteiger partial charge in [0, 0.05) is 19.5 Å². The Morgan fingerprint density at radius 1 is 1.26 bits per heavy atom. The lowest BCUT2D eigenvalue weighted by molar-refractivity contribution is -0.126. The fourth-order valence-electron chi connectivity index (χ4n) is 3.26. The minimum absolute atomic E-state index is 0.0717. The van der Waals surface area contributed by atoms with Gasteiger partial charge in [-0.25, -0.2) is 0 Å². The molecule has 3 rings (SSSR count). The highest BCUT2D eigenvalue weighted by atomic mass is 16.5. The van der Waals surface area contributed by atoms with Crippen molar-refractivity contribution in [3.63, 3.8) is 0 Å². The minimum Gasteiger partial charge on any atom is -0.508 e. The molecule has 6 nitrogen and oxygen atoms in total. The van der Waals surface area contributed by atoms with Crippen molar-refractivity contribution in [2.24, 2.45) is 5.92 Å². The maximum Gasteiger partial charge on any atom is 0.227 e. The van der Waals surface area contributed by atoms with Crippen molar-refractivity contribution in [2.75, 3.05) is 25.1 Å². The van der Waals surface area contributed by atoms with Crippen molar-refractivity contribution >= 4 is 17.5 Å². The monoisotopic (exact) mass is 368 g/mol. The van der Waals surface area contributed by atoms with E-state index in [1.165, 1.54) is 0 Å². The van der Waals surface area contributed by atoms with Crippen molar-refractivity contribution in [1.29, 1.82) is 0 Å². The van der Waals surface area contributed by atoms with E-state index in [1.807, 2.05) is 37.3 Å². The first-order valence-electron chi connectivity index (χ1n) is 8.98. The van der Waals surface area contributed by atoms with Crippen LogP contribution >= 0.6 is 0 Å². The first-order valence-corrected chi connectivity index (χ1v) is 8.98. The van der Waals surface area contributed by atoms with Crippen LogP contribution in [0, 0.1) is 12.8 Å². The van der Waals surface area contributed by atoms with Gasteiger partial charge in [-0.15, -0.1) is 0 Å². The number of benzene rings is 2. The van der Waals surface area contributed by atoms with E-state index < -0.39 is 0 Å². The summed E-state index contributed by atoms with van der Waals surface area (Å²) in [4.78, 5) is 26.6. The quantitative estimate of drug-likeness (QED) is 0.821. The summed E-state index contributed by atoms with van der Waals surface area (Å²) in [5.41, 5.74) is 2.77. The van der Waals surface area contributed by atoms with Gasteiger partial charge in [-0.3, -0.25) is 9.59 Å². The lowest BCUT2D eigenvalue weighted by Gasteiger charge is -2.20. The fourth-order valence-corrected chi connectivity index (χ4v) is 3.26. The summed E-state index contributed by atoms with van der Waals surface area (Å²) in [7, 11) is 1.57. The molecule has 2 amide bonds. The predicted octanol–water partition coefficient (Wildman–Crippen LogP) is 2.42. The minimum atomic E-state index is -0.373. The van der Waals surface area contributed by atoms with E-state index in [4.69, 9.17) is 4.74 Å². The van der Waals surface area contributed by atoms with Crippen molar-refractivity contribution in [3.05, 3.63) is 53.6 Å². The van der Waals surface area contributed by atoms with Gasteiger partial charge in [0.25, 0.3) is 0 Å². The van der Waals surface area contributed by atoms with Crippen molar-refractivity contribution < 1.29 is 19.4 Å². The van der Waals surface area contributed by atoms with E-state index in [2.05, 4.69) is 5.32 Å². The molecule has 1 atom stereocenters. The van der Waals surface area contributed by atoms with Gasteiger partial charge in [-0.05, 0) is 48.7 Å². The Balaban J connectivity index is 1.59. The summed E-state index contributed by atoms with van der Waals surface area (Å²) >= 11 is 0. The molecule has 0 spiro atoms. The molecular formula is C21H24N2O4. The molecule has 6 heteroatoms. The third-order valence-corrected chi connectivity index (χ3v) is 4.77. The molecule has 2 aromatic carbocycles. The molecule has 0 aliphatic carbocycles. The number of hydrogen-bond acceptors (Lipinski definition) is 4. The highest BCUT2D eigenvalue weighted by molar-refractivity contribution is 6.01. The molecule has 2 N–H and O–H groups in total. The summed E-state index contributed by atoms with van der Waals surface area (Å²) in [6.07, 6.45) is 0.865. The molecule has 0 saturated carbocycles. The maximum absolute atomic E-state index is 12.5. The van der Waals surface area contributed by atoms with Crippen molar-refractivity contribution in [1.82, 2.24) is 5.32 Å². The molecular weight excluding hydrogens is 344 g/mol. The number of phenols is 1. The second-order valence-electron chi connectivity index (χ2n) is 6.79. The van der Waals surface area contributed by atoms with Crippen LogP contribution in [0.25, 0.3) is 0 Å². The summed E-state index contributed by atoms with van der Waals surface area (Å²) in [5, 5.41) is 12.2. The fraction of sp³-hybridized carbons (Fsp3) is 0.333. The van der Waals surface area contributed by atoms with Gasteiger partial charge in [0.05, 0.1) is 18.7 Å². The van der Waals surface area contributed by atoms with E-state index in [9.17, 15) is 14.7 Å². The summed E-state index contributed by atoms with van der Waals surface area (Å²) in [5.74, 6) is 0.289. The molecule has 27 heavy (non-hydrogen) atoms. The zero-order chi connectivity index (χ0) is 19.4. The van der Waals surface area contributed by atoms with Gasteiger partial charge in [0.15, 0.2) is 0 Å². The van der Waals surface area contributed by atoms with Crippen LogP contribution in [-0.2, 0) is 16.0 Å². The topological polar surface area (TPSA) is 78.9 Å². The Hall–Kier alpha value is -3.02. The standard InChI is InChI=1S/C21H24N2O4/c1-14-3-8-19(27-2)18(11-14)23-13-16(12-20(23)25)21(26)22-10-9-15-4-6-17(24)7-5-15/h3-8,11,16,24H,9-10,12-13H2,1-2H3,(H,22,26). The second kappa shape index (κ2) is 8.12.